The third-order valence-electron chi connectivity index (χ3n) is 2.60. The van der Waals surface area contributed by atoms with Crippen molar-refractivity contribution in [2.75, 3.05) is 18.1 Å². The summed E-state index contributed by atoms with van der Waals surface area (Å²) in [6.07, 6.45) is -2.92. The summed E-state index contributed by atoms with van der Waals surface area (Å²) in [4.78, 5) is 0. The topological polar surface area (TPSA) is 54.4 Å². The van der Waals surface area contributed by atoms with Crippen molar-refractivity contribution in [1.29, 1.82) is 0 Å². The second-order valence-electron chi connectivity index (χ2n) is 3.47. The van der Waals surface area contributed by atoms with E-state index in [0.29, 0.717) is 0 Å². The lowest BCUT2D eigenvalue weighted by atomic mass is 9.83. The lowest BCUT2D eigenvalue weighted by Gasteiger charge is -2.34. The Morgan fingerprint density at radius 1 is 1.31 bits per heavy atom. The van der Waals surface area contributed by atoms with Gasteiger partial charge in [0.2, 0.25) is 6.43 Å². The standard InChI is InChI=1S/C7H12F2O3S/c8-6(9)7(5-10)1-3-13(11,12)4-2-7/h6,10H,1-5H2. The third-order valence-corrected chi connectivity index (χ3v) is 4.25. The highest BCUT2D eigenvalue weighted by molar-refractivity contribution is 7.91. The summed E-state index contributed by atoms with van der Waals surface area (Å²) in [5.74, 6) is -0.476. The molecule has 13 heavy (non-hydrogen) atoms. The average Bonchev–Trinajstić information content (AvgIpc) is 2.05. The average molecular weight is 214 g/mol. The van der Waals surface area contributed by atoms with E-state index in [1.165, 1.54) is 0 Å². The molecule has 1 aliphatic rings. The van der Waals surface area contributed by atoms with Crippen LogP contribution in [-0.4, -0.2) is 38.1 Å². The number of alkyl halides is 2. The van der Waals surface area contributed by atoms with Gasteiger partial charge in [-0.05, 0) is 12.8 Å². The maximum atomic E-state index is 12.5. The molecule has 0 aromatic carbocycles. The van der Waals surface area contributed by atoms with Gasteiger partial charge in [-0.1, -0.05) is 0 Å². The molecule has 0 bridgehead atoms. The first kappa shape index (κ1) is 10.8. The number of aliphatic hydroxyl groups is 1. The van der Waals surface area contributed by atoms with E-state index < -0.39 is 28.3 Å². The zero-order chi connectivity index (χ0) is 10.1. The summed E-state index contributed by atoms with van der Waals surface area (Å²) in [5, 5.41) is 8.81. The van der Waals surface area contributed by atoms with Gasteiger partial charge in [-0.15, -0.1) is 0 Å². The summed E-state index contributed by atoms with van der Waals surface area (Å²) in [5.41, 5.74) is -1.48. The van der Waals surface area contributed by atoms with Gasteiger partial charge in [0.1, 0.15) is 9.84 Å². The van der Waals surface area contributed by atoms with Crippen LogP contribution >= 0.6 is 0 Å². The normalized spacial score (nSPS) is 26.2. The third kappa shape index (κ3) is 2.17. The van der Waals surface area contributed by atoms with Gasteiger partial charge in [0.15, 0.2) is 0 Å². The molecule has 0 spiro atoms. The van der Waals surface area contributed by atoms with Crippen LogP contribution < -0.4 is 0 Å². The molecule has 78 valence electrons. The summed E-state index contributed by atoms with van der Waals surface area (Å²) in [7, 11) is -3.14. The van der Waals surface area contributed by atoms with Crippen LogP contribution in [0.15, 0.2) is 0 Å². The predicted octanol–water partition coefficient (Wildman–Crippen LogP) is 0.439. The predicted molar refractivity (Wildman–Crippen MR) is 43.4 cm³/mol. The van der Waals surface area contributed by atoms with E-state index in [1.54, 1.807) is 0 Å². The molecule has 0 aromatic heterocycles. The molecule has 1 aliphatic heterocycles. The van der Waals surface area contributed by atoms with Crippen molar-refractivity contribution in [3.05, 3.63) is 0 Å². The van der Waals surface area contributed by atoms with Gasteiger partial charge in [0, 0.05) is 0 Å². The Hall–Kier alpha value is -0.230. The second kappa shape index (κ2) is 3.49. The first-order valence-electron chi connectivity index (χ1n) is 4.01. The Kier molecular flexibility index (Phi) is 2.91. The molecule has 0 atom stereocenters. The number of sulfone groups is 1. The highest BCUT2D eigenvalue weighted by Crippen LogP contribution is 2.37. The van der Waals surface area contributed by atoms with E-state index in [4.69, 9.17) is 5.11 Å². The first-order valence-corrected chi connectivity index (χ1v) is 5.83. The fourth-order valence-electron chi connectivity index (χ4n) is 1.39. The largest absolute Gasteiger partial charge is 0.396 e. The summed E-state index contributed by atoms with van der Waals surface area (Å²) in [6, 6.07) is 0. The Labute approximate surface area is 75.7 Å². The summed E-state index contributed by atoms with van der Waals surface area (Å²) in [6.45, 7) is -0.639. The monoisotopic (exact) mass is 214 g/mol. The molecule has 1 rings (SSSR count). The van der Waals surface area contributed by atoms with E-state index in [1.807, 2.05) is 0 Å². The minimum atomic E-state index is -3.14. The lowest BCUT2D eigenvalue weighted by Crippen LogP contribution is -2.41. The van der Waals surface area contributed by atoms with Gasteiger partial charge in [-0.2, -0.15) is 0 Å². The van der Waals surface area contributed by atoms with Crippen LogP contribution in [0.4, 0.5) is 8.78 Å². The highest BCUT2D eigenvalue weighted by Gasteiger charge is 2.44. The molecule has 0 aliphatic carbocycles. The minimum absolute atomic E-state index is 0.135. The second-order valence-corrected chi connectivity index (χ2v) is 5.78. The molecule has 6 heteroatoms. The fraction of sp³-hybridized carbons (Fsp3) is 1.00. The van der Waals surface area contributed by atoms with Gasteiger partial charge in [0.25, 0.3) is 0 Å². The molecule has 0 saturated carbocycles. The molecule has 3 nitrogen and oxygen atoms in total. The fourth-order valence-corrected chi connectivity index (χ4v) is 3.03. The SMILES string of the molecule is O=S1(=O)CCC(CO)(C(F)F)CC1. The van der Waals surface area contributed by atoms with Crippen molar-refractivity contribution in [3.8, 4) is 0 Å². The molecule has 1 fully saturated rings. The van der Waals surface area contributed by atoms with Gasteiger partial charge >= 0.3 is 0 Å². The summed E-state index contributed by atoms with van der Waals surface area (Å²) >= 11 is 0. The number of rotatable bonds is 2. The van der Waals surface area contributed by atoms with Crippen LogP contribution in [-0.2, 0) is 9.84 Å². The van der Waals surface area contributed by atoms with Crippen LogP contribution in [0.2, 0.25) is 0 Å². The number of aliphatic hydroxyl groups excluding tert-OH is 1. The zero-order valence-electron chi connectivity index (χ0n) is 7.04. The van der Waals surface area contributed by atoms with Gasteiger partial charge in [0.05, 0.1) is 23.5 Å². The van der Waals surface area contributed by atoms with Crippen molar-refractivity contribution in [2.24, 2.45) is 5.41 Å². The Balaban J connectivity index is 2.75. The van der Waals surface area contributed by atoms with E-state index in [9.17, 15) is 17.2 Å². The molecule has 1 N–H and O–H groups in total. The number of hydrogen-bond donors (Lipinski definition) is 1. The smallest absolute Gasteiger partial charge is 0.246 e. The van der Waals surface area contributed by atoms with E-state index in [-0.39, 0.29) is 24.3 Å². The van der Waals surface area contributed by atoms with Crippen LogP contribution in [0, 0.1) is 5.41 Å². The Morgan fingerprint density at radius 2 is 1.77 bits per heavy atom. The molecule has 0 aromatic rings. The van der Waals surface area contributed by atoms with Crippen molar-refractivity contribution in [2.45, 2.75) is 19.3 Å². The molecular formula is C7H12F2O3S. The maximum absolute atomic E-state index is 12.5. The van der Waals surface area contributed by atoms with Crippen LogP contribution in [0.3, 0.4) is 0 Å². The van der Waals surface area contributed by atoms with Crippen molar-refractivity contribution < 1.29 is 22.3 Å². The van der Waals surface area contributed by atoms with Crippen molar-refractivity contribution in [3.63, 3.8) is 0 Å². The Bertz CT molecular complexity index is 259. The molecule has 0 unspecified atom stereocenters. The van der Waals surface area contributed by atoms with Crippen LogP contribution in [0.1, 0.15) is 12.8 Å². The van der Waals surface area contributed by atoms with Gasteiger partial charge in [-0.25, -0.2) is 17.2 Å². The van der Waals surface area contributed by atoms with Crippen LogP contribution in [0.5, 0.6) is 0 Å². The number of halogens is 2. The summed E-state index contributed by atoms with van der Waals surface area (Å²) < 4.78 is 46.8. The minimum Gasteiger partial charge on any atom is -0.396 e. The van der Waals surface area contributed by atoms with E-state index >= 15 is 0 Å². The maximum Gasteiger partial charge on any atom is 0.246 e. The van der Waals surface area contributed by atoms with Crippen molar-refractivity contribution in [1.82, 2.24) is 0 Å². The quantitative estimate of drug-likeness (QED) is 0.725. The molecule has 0 amide bonds. The van der Waals surface area contributed by atoms with Crippen LogP contribution in [0.25, 0.3) is 0 Å². The highest BCUT2D eigenvalue weighted by atomic mass is 32.2. The van der Waals surface area contributed by atoms with Gasteiger partial charge in [-0.3, -0.25) is 0 Å². The van der Waals surface area contributed by atoms with Crippen molar-refractivity contribution >= 4 is 9.84 Å². The molecule has 1 saturated heterocycles. The zero-order valence-corrected chi connectivity index (χ0v) is 7.86. The molecule has 1 heterocycles. The lowest BCUT2D eigenvalue weighted by molar-refractivity contribution is -0.0484. The molecule has 0 radical (unpaired) electrons. The number of hydrogen-bond acceptors (Lipinski definition) is 3. The Morgan fingerprint density at radius 3 is 2.08 bits per heavy atom. The van der Waals surface area contributed by atoms with Gasteiger partial charge < -0.3 is 5.11 Å². The van der Waals surface area contributed by atoms with E-state index in [0.717, 1.165) is 0 Å². The first-order chi connectivity index (χ1) is 5.92. The van der Waals surface area contributed by atoms with E-state index in [2.05, 4.69) is 0 Å². The molecular weight excluding hydrogens is 202 g/mol.